The van der Waals surface area contributed by atoms with Gasteiger partial charge in [-0.15, -0.1) is 0 Å². The van der Waals surface area contributed by atoms with E-state index in [1.54, 1.807) is 25.1 Å². The third kappa shape index (κ3) is 3.17. The molecule has 1 amide bonds. The molecule has 0 aliphatic heterocycles. The predicted octanol–water partition coefficient (Wildman–Crippen LogP) is 2.09. The van der Waals surface area contributed by atoms with Crippen LogP contribution in [-0.2, 0) is 0 Å². The average molecular weight is 279 g/mol. The molecular weight excluding hydrogens is 268 g/mol. The fourth-order valence-electron chi connectivity index (χ4n) is 1.48. The van der Waals surface area contributed by atoms with E-state index in [-0.39, 0.29) is 17.0 Å². The third-order valence-electron chi connectivity index (χ3n) is 2.26. The summed E-state index contributed by atoms with van der Waals surface area (Å²) in [5, 5.41) is 2.81. The lowest BCUT2D eigenvalue weighted by Gasteiger charge is -2.07. The van der Waals surface area contributed by atoms with Gasteiger partial charge in [-0.2, -0.15) is 0 Å². The van der Waals surface area contributed by atoms with Gasteiger partial charge in [0.1, 0.15) is 10.7 Å². The van der Waals surface area contributed by atoms with Crippen molar-refractivity contribution in [2.45, 2.75) is 6.92 Å². The molecule has 0 radical (unpaired) electrons. The summed E-state index contributed by atoms with van der Waals surface area (Å²) in [5.41, 5.74) is 0.958. The molecule has 2 rings (SSSR count). The molecule has 19 heavy (non-hydrogen) atoms. The molecule has 7 heteroatoms. The lowest BCUT2D eigenvalue weighted by atomic mass is 10.2. The molecule has 0 aromatic carbocycles. The quantitative estimate of drug-likeness (QED) is 0.870. The van der Waals surface area contributed by atoms with Crippen molar-refractivity contribution in [3.63, 3.8) is 0 Å². The van der Waals surface area contributed by atoms with Gasteiger partial charge >= 0.3 is 0 Å². The minimum atomic E-state index is -0.411. The molecule has 0 saturated heterocycles. The van der Waals surface area contributed by atoms with E-state index in [2.05, 4.69) is 20.3 Å². The molecule has 98 valence electrons. The zero-order valence-corrected chi connectivity index (χ0v) is 11.1. The van der Waals surface area contributed by atoms with Gasteiger partial charge in [0, 0.05) is 11.9 Å². The first-order valence-electron chi connectivity index (χ1n) is 5.41. The van der Waals surface area contributed by atoms with Gasteiger partial charge in [-0.1, -0.05) is 11.6 Å². The largest absolute Gasteiger partial charge is 0.480 e. The molecule has 0 aliphatic rings. The Kier molecular flexibility index (Phi) is 3.91. The summed E-state index contributed by atoms with van der Waals surface area (Å²) < 4.78 is 5.01. The van der Waals surface area contributed by atoms with E-state index in [9.17, 15) is 4.79 Å². The van der Waals surface area contributed by atoms with Crippen molar-refractivity contribution in [2.24, 2.45) is 0 Å². The van der Waals surface area contributed by atoms with Crippen LogP contribution < -0.4 is 10.1 Å². The zero-order chi connectivity index (χ0) is 13.8. The van der Waals surface area contributed by atoms with Crippen molar-refractivity contribution in [1.29, 1.82) is 0 Å². The Hall–Kier alpha value is -2.21. The molecule has 2 aromatic heterocycles. The fourth-order valence-corrected chi connectivity index (χ4v) is 1.72. The number of hydrogen-bond acceptors (Lipinski definition) is 5. The minimum absolute atomic E-state index is 0.140. The van der Waals surface area contributed by atoms with Gasteiger partial charge in [0.25, 0.3) is 5.91 Å². The van der Waals surface area contributed by atoms with Crippen molar-refractivity contribution in [2.75, 3.05) is 12.4 Å². The summed E-state index contributed by atoms with van der Waals surface area (Å²) in [4.78, 5) is 24.0. The maximum Gasteiger partial charge on any atom is 0.263 e. The maximum absolute atomic E-state index is 12.1. The van der Waals surface area contributed by atoms with Crippen LogP contribution in [0.25, 0.3) is 0 Å². The summed E-state index contributed by atoms with van der Waals surface area (Å²) in [6.07, 6.45) is 1.54. The monoisotopic (exact) mass is 278 g/mol. The fraction of sp³-hybridized carbons (Fsp3) is 0.167. The molecule has 1 N–H and O–H groups in total. The van der Waals surface area contributed by atoms with E-state index in [1.165, 1.54) is 13.3 Å². The third-order valence-corrected chi connectivity index (χ3v) is 2.45. The van der Waals surface area contributed by atoms with Crippen molar-refractivity contribution in [3.05, 3.63) is 40.8 Å². The second-order valence-corrected chi connectivity index (χ2v) is 4.06. The van der Waals surface area contributed by atoms with Crippen LogP contribution in [-0.4, -0.2) is 28.0 Å². The van der Waals surface area contributed by atoms with Gasteiger partial charge < -0.3 is 4.74 Å². The number of aryl methyl sites for hydroxylation is 1. The molecule has 0 bridgehead atoms. The van der Waals surface area contributed by atoms with E-state index in [1.807, 2.05) is 0 Å². The number of amides is 1. The first kappa shape index (κ1) is 13.2. The van der Waals surface area contributed by atoms with Crippen molar-refractivity contribution < 1.29 is 9.53 Å². The number of aromatic nitrogens is 3. The van der Waals surface area contributed by atoms with Crippen LogP contribution in [0.2, 0.25) is 5.15 Å². The topological polar surface area (TPSA) is 77.0 Å². The van der Waals surface area contributed by atoms with Crippen LogP contribution in [0, 0.1) is 6.92 Å². The molecule has 0 aliphatic carbocycles. The number of rotatable bonds is 3. The molecule has 2 heterocycles. The van der Waals surface area contributed by atoms with Gasteiger partial charge in [-0.05, 0) is 25.1 Å². The van der Waals surface area contributed by atoms with Gasteiger partial charge in [-0.3, -0.25) is 10.1 Å². The van der Waals surface area contributed by atoms with Crippen LogP contribution in [0.5, 0.6) is 5.88 Å². The molecule has 0 atom stereocenters. The number of carbonyl (C=O) groups is 1. The maximum atomic E-state index is 12.1. The van der Waals surface area contributed by atoms with Crippen molar-refractivity contribution in [3.8, 4) is 5.88 Å². The Bertz CT molecular complexity index is 598. The standard InChI is InChI=1S/C12H11ClN4O2/c1-7-6-9(13)16-12(15-7)17-10(18)8-4-3-5-14-11(8)19-2/h3-6H,1-2H3,(H,15,16,17,18). The second kappa shape index (κ2) is 5.62. The Balaban J connectivity index is 2.25. The van der Waals surface area contributed by atoms with Crippen molar-refractivity contribution in [1.82, 2.24) is 15.0 Å². The number of methoxy groups -OCH3 is 1. The summed E-state index contributed by atoms with van der Waals surface area (Å²) in [7, 11) is 1.44. The highest BCUT2D eigenvalue weighted by atomic mass is 35.5. The number of carbonyl (C=O) groups excluding carboxylic acids is 1. The van der Waals surface area contributed by atoms with Crippen LogP contribution in [0.4, 0.5) is 5.95 Å². The lowest BCUT2D eigenvalue weighted by Crippen LogP contribution is -2.16. The summed E-state index contributed by atoms with van der Waals surface area (Å²) >= 11 is 5.80. The van der Waals surface area contributed by atoms with Crippen LogP contribution >= 0.6 is 11.6 Å². The second-order valence-electron chi connectivity index (χ2n) is 3.67. The highest BCUT2D eigenvalue weighted by molar-refractivity contribution is 6.29. The van der Waals surface area contributed by atoms with Gasteiger partial charge in [0.15, 0.2) is 0 Å². The normalized spacial score (nSPS) is 10.1. The number of hydrogen-bond donors (Lipinski definition) is 1. The first-order chi connectivity index (χ1) is 9.10. The van der Waals surface area contributed by atoms with Crippen LogP contribution in [0.3, 0.4) is 0 Å². The molecule has 0 saturated carbocycles. The van der Waals surface area contributed by atoms with E-state index >= 15 is 0 Å². The van der Waals surface area contributed by atoms with E-state index < -0.39 is 5.91 Å². The number of nitrogens with zero attached hydrogens (tertiary/aromatic N) is 3. The lowest BCUT2D eigenvalue weighted by molar-refractivity contribution is 0.102. The molecule has 2 aromatic rings. The van der Waals surface area contributed by atoms with E-state index in [0.29, 0.717) is 11.3 Å². The summed E-state index contributed by atoms with van der Waals surface area (Å²) in [5.74, 6) is -0.0359. The molecule has 0 spiro atoms. The molecule has 0 unspecified atom stereocenters. The Morgan fingerprint density at radius 3 is 2.89 bits per heavy atom. The Morgan fingerprint density at radius 2 is 2.21 bits per heavy atom. The number of pyridine rings is 1. The van der Waals surface area contributed by atoms with E-state index in [0.717, 1.165) is 0 Å². The number of nitrogens with one attached hydrogen (secondary N) is 1. The molecule has 6 nitrogen and oxygen atoms in total. The number of halogens is 1. The number of anilines is 1. The molecular formula is C12H11ClN4O2. The predicted molar refractivity (Wildman–Crippen MR) is 70.5 cm³/mol. The SMILES string of the molecule is COc1ncccc1C(=O)Nc1nc(C)cc(Cl)n1. The Morgan fingerprint density at radius 1 is 1.42 bits per heavy atom. The highest BCUT2D eigenvalue weighted by Crippen LogP contribution is 2.16. The minimum Gasteiger partial charge on any atom is -0.480 e. The van der Waals surface area contributed by atoms with Gasteiger partial charge in [-0.25, -0.2) is 15.0 Å². The summed E-state index contributed by atoms with van der Waals surface area (Å²) in [6, 6.07) is 4.84. The number of ether oxygens (including phenoxy) is 1. The highest BCUT2D eigenvalue weighted by Gasteiger charge is 2.14. The average Bonchev–Trinajstić information content (AvgIpc) is 2.37. The zero-order valence-electron chi connectivity index (χ0n) is 10.3. The smallest absolute Gasteiger partial charge is 0.263 e. The van der Waals surface area contributed by atoms with Gasteiger partial charge in [0.2, 0.25) is 11.8 Å². The Labute approximate surface area is 114 Å². The van der Waals surface area contributed by atoms with Crippen LogP contribution in [0.1, 0.15) is 16.1 Å². The first-order valence-corrected chi connectivity index (χ1v) is 5.79. The van der Waals surface area contributed by atoms with Crippen molar-refractivity contribution >= 4 is 23.5 Å². The van der Waals surface area contributed by atoms with Gasteiger partial charge in [0.05, 0.1) is 7.11 Å². The molecule has 0 fully saturated rings. The van der Waals surface area contributed by atoms with Crippen LogP contribution in [0.15, 0.2) is 24.4 Å². The van der Waals surface area contributed by atoms with E-state index in [4.69, 9.17) is 16.3 Å². The summed E-state index contributed by atoms with van der Waals surface area (Å²) in [6.45, 7) is 1.76.